The van der Waals surface area contributed by atoms with Crippen molar-refractivity contribution in [2.75, 3.05) is 12.0 Å². The average Bonchev–Trinajstić information content (AvgIpc) is 2.88. The van der Waals surface area contributed by atoms with Crippen molar-refractivity contribution in [3.8, 4) is 5.69 Å². The lowest BCUT2D eigenvalue weighted by Crippen LogP contribution is -2.14. The Kier molecular flexibility index (Phi) is 4.64. The van der Waals surface area contributed by atoms with Crippen LogP contribution < -0.4 is 5.69 Å². The number of thioether (sulfide) groups is 2. The molecule has 3 aromatic rings. The molecule has 1 aromatic heterocycles. The first-order chi connectivity index (χ1) is 10.7. The fraction of sp³-hybridized carbons (Fsp3) is 0.235. The number of nitrogens with zero attached hydrogens (tertiary/aromatic N) is 1. The lowest BCUT2D eigenvalue weighted by atomic mass is 10.3. The Balaban J connectivity index is 2.10. The third-order valence-corrected chi connectivity index (χ3v) is 5.40. The zero-order chi connectivity index (χ0) is 15.5. The van der Waals surface area contributed by atoms with Gasteiger partial charge in [0.25, 0.3) is 0 Å². The number of aromatic amines is 1. The highest BCUT2D eigenvalue weighted by Crippen LogP contribution is 2.25. The Labute approximate surface area is 138 Å². The van der Waals surface area contributed by atoms with E-state index in [1.165, 1.54) is 9.79 Å². The quantitative estimate of drug-likeness (QED) is 0.698. The summed E-state index contributed by atoms with van der Waals surface area (Å²) in [4.78, 5) is 17.6. The number of rotatable bonds is 5. The van der Waals surface area contributed by atoms with Gasteiger partial charge in [0.05, 0.1) is 16.7 Å². The van der Waals surface area contributed by atoms with Gasteiger partial charge in [0.15, 0.2) is 0 Å². The Morgan fingerprint density at radius 3 is 2.50 bits per heavy atom. The molecule has 0 radical (unpaired) electrons. The van der Waals surface area contributed by atoms with Crippen LogP contribution in [-0.2, 0) is 0 Å². The zero-order valence-electron chi connectivity index (χ0n) is 12.6. The summed E-state index contributed by atoms with van der Waals surface area (Å²) in [6, 6.07) is 14.2. The summed E-state index contributed by atoms with van der Waals surface area (Å²) in [5.74, 6) is 1.09. The largest absolute Gasteiger partial charge is 0.331 e. The second kappa shape index (κ2) is 6.67. The van der Waals surface area contributed by atoms with Crippen LogP contribution in [-0.4, -0.2) is 21.6 Å². The second-order valence-electron chi connectivity index (χ2n) is 4.99. The highest BCUT2D eigenvalue weighted by atomic mass is 32.2. The van der Waals surface area contributed by atoms with Gasteiger partial charge in [-0.3, -0.25) is 4.57 Å². The predicted octanol–water partition coefficient (Wildman–Crippen LogP) is 4.54. The van der Waals surface area contributed by atoms with Crippen molar-refractivity contribution < 1.29 is 0 Å². The van der Waals surface area contributed by atoms with Gasteiger partial charge in [-0.2, -0.15) is 0 Å². The summed E-state index contributed by atoms with van der Waals surface area (Å²) >= 11 is 3.52. The summed E-state index contributed by atoms with van der Waals surface area (Å²) in [6.07, 6.45) is 3.18. The molecule has 114 valence electrons. The van der Waals surface area contributed by atoms with E-state index in [-0.39, 0.29) is 5.69 Å². The zero-order valence-corrected chi connectivity index (χ0v) is 14.3. The van der Waals surface area contributed by atoms with Crippen molar-refractivity contribution in [3.63, 3.8) is 0 Å². The van der Waals surface area contributed by atoms with E-state index in [0.29, 0.717) is 0 Å². The van der Waals surface area contributed by atoms with Crippen molar-refractivity contribution in [2.24, 2.45) is 0 Å². The van der Waals surface area contributed by atoms with Crippen LogP contribution >= 0.6 is 23.5 Å². The van der Waals surface area contributed by atoms with Crippen LogP contribution in [0.4, 0.5) is 0 Å². The van der Waals surface area contributed by atoms with E-state index < -0.39 is 0 Å². The molecule has 1 N–H and O–H groups in total. The lowest BCUT2D eigenvalue weighted by molar-refractivity contribution is 1.01. The third kappa shape index (κ3) is 2.96. The van der Waals surface area contributed by atoms with Crippen LogP contribution in [0.5, 0.6) is 0 Å². The summed E-state index contributed by atoms with van der Waals surface area (Å²) in [5.41, 5.74) is 2.61. The smallest absolute Gasteiger partial charge is 0.305 e. The first kappa shape index (κ1) is 15.3. The van der Waals surface area contributed by atoms with Crippen LogP contribution in [0.15, 0.2) is 57.1 Å². The van der Waals surface area contributed by atoms with Gasteiger partial charge in [-0.1, -0.05) is 6.92 Å². The van der Waals surface area contributed by atoms with Crippen molar-refractivity contribution >= 4 is 34.6 Å². The minimum atomic E-state index is -0.0930. The molecule has 0 fully saturated rings. The SMILES string of the molecule is CCCSc1ccc2[nH]c(=O)n(-c3ccc(SC)cc3)c2c1. The Bertz CT molecular complexity index is 834. The fourth-order valence-electron chi connectivity index (χ4n) is 2.38. The number of hydrogen-bond acceptors (Lipinski definition) is 3. The summed E-state index contributed by atoms with van der Waals surface area (Å²) in [6.45, 7) is 2.17. The minimum absolute atomic E-state index is 0.0930. The highest BCUT2D eigenvalue weighted by Gasteiger charge is 2.09. The molecule has 0 amide bonds. The van der Waals surface area contributed by atoms with E-state index in [1.54, 1.807) is 16.3 Å². The number of aromatic nitrogens is 2. The molecule has 1 heterocycles. The van der Waals surface area contributed by atoms with Crippen molar-refractivity contribution in [2.45, 2.75) is 23.1 Å². The molecule has 22 heavy (non-hydrogen) atoms. The summed E-state index contributed by atoms with van der Waals surface area (Å²) in [5, 5.41) is 0. The first-order valence-corrected chi connectivity index (χ1v) is 9.46. The molecule has 0 saturated carbocycles. The van der Waals surface area contributed by atoms with E-state index in [4.69, 9.17) is 0 Å². The standard InChI is InChI=1S/C17H18N2OS2/c1-3-10-22-14-8-9-15-16(11-14)19(17(20)18-15)12-4-6-13(21-2)7-5-12/h4-9,11H,3,10H2,1-2H3,(H,18,20). The number of hydrogen-bond donors (Lipinski definition) is 1. The molecular formula is C17H18N2OS2. The van der Waals surface area contributed by atoms with E-state index in [0.717, 1.165) is 28.9 Å². The topological polar surface area (TPSA) is 37.8 Å². The number of nitrogens with one attached hydrogen (secondary N) is 1. The fourth-order valence-corrected chi connectivity index (χ4v) is 3.59. The van der Waals surface area contributed by atoms with Gasteiger partial charge in [0.1, 0.15) is 0 Å². The molecule has 0 bridgehead atoms. The lowest BCUT2D eigenvalue weighted by Gasteiger charge is -2.06. The third-order valence-electron chi connectivity index (χ3n) is 3.46. The summed E-state index contributed by atoms with van der Waals surface area (Å²) in [7, 11) is 0. The molecule has 2 aromatic carbocycles. The van der Waals surface area contributed by atoms with E-state index in [2.05, 4.69) is 24.0 Å². The molecule has 0 unspecified atom stereocenters. The normalized spacial score (nSPS) is 11.2. The number of H-pyrrole nitrogens is 1. The Morgan fingerprint density at radius 1 is 1.09 bits per heavy atom. The van der Waals surface area contributed by atoms with Gasteiger partial charge in [0.2, 0.25) is 0 Å². The van der Waals surface area contributed by atoms with E-state index >= 15 is 0 Å². The van der Waals surface area contributed by atoms with Gasteiger partial charge >= 0.3 is 5.69 Å². The molecule has 5 heteroatoms. The second-order valence-corrected chi connectivity index (χ2v) is 7.04. The van der Waals surface area contributed by atoms with Crippen LogP contribution in [0.25, 0.3) is 16.7 Å². The number of benzene rings is 2. The maximum atomic E-state index is 12.3. The van der Waals surface area contributed by atoms with Gasteiger partial charge < -0.3 is 4.98 Å². The van der Waals surface area contributed by atoms with Gasteiger partial charge in [-0.15, -0.1) is 23.5 Å². The molecule has 0 aliphatic heterocycles. The van der Waals surface area contributed by atoms with Gasteiger partial charge in [-0.05, 0) is 60.9 Å². The maximum absolute atomic E-state index is 12.3. The maximum Gasteiger partial charge on any atom is 0.331 e. The molecule has 0 atom stereocenters. The minimum Gasteiger partial charge on any atom is -0.305 e. The molecule has 0 aliphatic carbocycles. The van der Waals surface area contributed by atoms with Gasteiger partial charge in [0, 0.05) is 9.79 Å². The molecule has 3 rings (SSSR count). The van der Waals surface area contributed by atoms with Crippen molar-refractivity contribution in [1.82, 2.24) is 9.55 Å². The number of imidazole rings is 1. The van der Waals surface area contributed by atoms with E-state index in [9.17, 15) is 4.79 Å². The first-order valence-electron chi connectivity index (χ1n) is 7.25. The van der Waals surface area contributed by atoms with E-state index in [1.807, 2.05) is 48.3 Å². The monoisotopic (exact) mass is 330 g/mol. The van der Waals surface area contributed by atoms with Crippen LogP contribution in [0.3, 0.4) is 0 Å². The molecule has 3 nitrogen and oxygen atoms in total. The molecule has 0 saturated heterocycles. The average molecular weight is 330 g/mol. The molecular weight excluding hydrogens is 312 g/mol. The number of fused-ring (bicyclic) bond motifs is 1. The Hall–Kier alpha value is -1.59. The van der Waals surface area contributed by atoms with Crippen LogP contribution in [0, 0.1) is 0 Å². The highest BCUT2D eigenvalue weighted by molar-refractivity contribution is 7.99. The predicted molar refractivity (Wildman–Crippen MR) is 96.7 cm³/mol. The van der Waals surface area contributed by atoms with Crippen molar-refractivity contribution in [1.29, 1.82) is 0 Å². The summed E-state index contributed by atoms with van der Waals surface area (Å²) < 4.78 is 1.75. The Morgan fingerprint density at radius 2 is 1.82 bits per heavy atom. The van der Waals surface area contributed by atoms with Crippen molar-refractivity contribution in [3.05, 3.63) is 52.9 Å². The van der Waals surface area contributed by atoms with Crippen LogP contribution in [0.1, 0.15) is 13.3 Å². The van der Waals surface area contributed by atoms with Crippen LogP contribution in [0.2, 0.25) is 0 Å². The molecule has 0 aliphatic rings. The van der Waals surface area contributed by atoms with Gasteiger partial charge in [-0.25, -0.2) is 4.79 Å². The molecule has 0 spiro atoms.